The summed E-state index contributed by atoms with van der Waals surface area (Å²) in [5.41, 5.74) is 1.32. The Morgan fingerprint density at radius 2 is 1.82 bits per heavy atom. The molecule has 0 saturated carbocycles. The van der Waals surface area contributed by atoms with Gasteiger partial charge in [0, 0.05) is 0 Å². The van der Waals surface area contributed by atoms with Gasteiger partial charge in [-0.15, -0.1) is 0 Å². The molecule has 0 saturated heterocycles. The maximum Gasteiger partial charge on any atom is -0.0303 e. The molecule has 0 amide bonds. The van der Waals surface area contributed by atoms with Crippen LogP contribution in [-0.4, -0.2) is 0 Å². The zero-order valence-electron chi connectivity index (χ0n) is 7.80. The van der Waals surface area contributed by atoms with Gasteiger partial charge in [0.25, 0.3) is 0 Å². The van der Waals surface area contributed by atoms with Crippen molar-refractivity contribution in [1.82, 2.24) is 0 Å². The smallest absolute Gasteiger partial charge is 0.0303 e. The molecule has 0 aliphatic rings. The first-order valence-electron chi connectivity index (χ1n) is 4.34. The predicted octanol–water partition coefficient (Wildman–Crippen LogP) is 3.87. The second kappa shape index (κ2) is 7.33. The highest BCUT2D eigenvalue weighted by Gasteiger charge is 1.81. The lowest BCUT2D eigenvalue weighted by Crippen LogP contribution is -1.70. The Morgan fingerprint density at radius 3 is 2.27 bits per heavy atom. The van der Waals surface area contributed by atoms with Gasteiger partial charge < -0.3 is 0 Å². The fraction of sp³-hybridized carbons (Fsp3) is 0.455. The van der Waals surface area contributed by atoms with E-state index in [-0.39, 0.29) is 0 Å². The third-order valence-electron chi connectivity index (χ3n) is 1.34. The minimum Gasteiger partial charge on any atom is -0.0871 e. The quantitative estimate of drug-likeness (QED) is 0.534. The molecule has 11 heavy (non-hydrogen) atoms. The third kappa shape index (κ3) is 5.65. The van der Waals surface area contributed by atoms with Crippen molar-refractivity contribution < 1.29 is 0 Å². The molecular weight excluding hydrogens is 132 g/mol. The molecule has 0 atom stereocenters. The summed E-state index contributed by atoms with van der Waals surface area (Å²) in [6.07, 6.45) is 13.0. The molecule has 0 spiro atoms. The van der Waals surface area contributed by atoms with Crippen LogP contribution < -0.4 is 0 Å². The van der Waals surface area contributed by atoms with Crippen LogP contribution in [0.3, 0.4) is 0 Å². The normalized spacial score (nSPS) is 13.5. The van der Waals surface area contributed by atoms with E-state index < -0.39 is 0 Å². The van der Waals surface area contributed by atoms with E-state index in [9.17, 15) is 0 Å². The van der Waals surface area contributed by atoms with E-state index in [0.29, 0.717) is 0 Å². The molecule has 0 fully saturated rings. The maximum absolute atomic E-state index is 2.23. The summed E-state index contributed by atoms with van der Waals surface area (Å²) in [7, 11) is 0. The van der Waals surface area contributed by atoms with Crippen molar-refractivity contribution in [2.75, 3.05) is 0 Å². The Bertz CT molecular complexity index is 159. The van der Waals surface area contributed by atoms with Crippen molar-refractivity contribution in [2.45, 2.75) is 33.6 Å². The summed E-state index contributed by atoms with van der Waals surface area (Å²) in [6.45, 7) is 6.35. The van der Waals surface area contributed by atoms with Crippen LogP contribution in [0, 0.1) is 0 Å². The van der Waals surface area contributed by atoms with Gasteiger partial charge in [0.05, 0.1) is 0 Å². The zero-order valence-corrected chi connectivity index (χ0v) is 7.80. The zero-order chi connectivity index (χ0) is 8.53. The minimum absolute atomic E-state index is 1.10. The van der Waals surface area contributed by atoms with Gasteiger partial charge >= 0.3 is 0 Å². The highest BCUT2D eigenvalue weighted by Crippen LogP contribution is 2.01. The molecule has 0 bridgehead atoms. The van der Waals surface area contributed by atoms with Gasteiger partial charge in [-0.05, 0) is 25.3 Å². The molecule has 0 radical (unpaired) electrons. The molecule has 62 valence electrons. The molecule has 0 N–H and O–H groups in total. The topological polar surface area (TPSA) is 0 Å². The van der Waals surface area contributed by atoms with Crippen LogP contribution >= 0.6 is 0 Å². The van der Waals surface area contributed by atoms with E-state index in [2.05, 4.69) is 44.2 Å². The summed E-state index contributed by atoms with van der Waals surface area (Å²) in [5.74, 6) is 0. The van der Waals surface area contributed by atoms with Crippen LogP contribution in [0.5, 0.6) is 0 Å². The van der Waals surface area contributed by atoms with E-state index in [1.165, 1.54) is 5.57 Å². The predicted molar refractivity (Wildman–Crippen MR) is 52.6 cm³/mol. The van der Waals surface area contributed by atoms with Crippen molar-refractivity contribution in [3.05, 3.63) is 36.0 Å². The molecule has 0 aromatic rings. The standard InChI is InChI=1S/C11H18/c1-4-7-10-11(8-5-2)9-6-3/h5,7-10H,4,6H2,1-3H3/b8-5+,10-7-,11-9-. The fourth-order valence-corrected chi connectivity index (χ4v) is 0.874. The lowest BCUT2D eigenvalue weighted by Gasteiger charge is -1.91. The van der Waals surface area contributed by atoms with Crippen molar-refractivity contribution in [1.29, 1.82) is 0 Å². The Labute approximate surface area is 70.3 Å². The van der Waals surface area contributed by atoms with Crippen molar-refractivity contribution in [2.24, 2.45) is 0 Å². The highest BCUT2D eigenvalue weighted by atomic mass is 13.9. The number of allylic oxidation sites excluding steroid dienone is 6. The van der Waals surface area contributed by atoms with Gasteiger partial charge in [0.2, 0.25) is 0 Å². The van der Waals surface area contributed by atoms with Crippen LogP contribution in [0.15, 0.2) is 36.0 Å². The summed E-state index contributed by atoms with van der Waals surface area (Å²) in [6, 6.07) is 0. The molecule has 0 heteroatoms. The second-order valence-electron chi connectivity index (χ2n) is 2.42. The van der Waals surface area contributed by atoms with E-state index in [4.69, 9.17) is 0 Å². The number of hydrogen-bond donors (Lipinski definition) is 0. The monoisotopic (exact) mass is 150 g/mol. The van der Waals surface area contributed by atoms with Crippen LogP contribution in [0.2, 0.25) is 0 Å². The number of hydrogen-bond acceptors (Lipinski definition) is 0. The summed E-state index contributed by atoms with van der Waals surface area (Å²) < 4.78 is 0. The molecule has 0 aromatic carbocycles. The molecule has 0 rings (SSSR count). The fourth-order valence-electron chi connectivity index (χ4n) is 0.874. The first-order valence-corrected chi connectivity index (χ1v) is 4.34. The van der Waals surface area contributed by atoms with Crippen molar-refractivity contribution in [3.63, 3.8) is 0 Å². The van der Waals surface area contributed by atoms with Gasteiger partial charge in [0.15, 0.2) is 0 Å². The molecule has 0 unspecified atom stereocenters. The second-order valence-corrected chi connectivity index (χ2v) is 2.42. The van der Waals surface area contributed by atoms with E-state index in [0.717, 1.165) is 12.8 Å². The third-order valence-corrected chi connectivity index (χ3v) is 1.34. The van der Waals surface area contributed by atoms with E-state index >= 15 is 0 Å². The average molecular weight is 150 g/mol. The van der Waals surface area contributed by atoms with Gasteiger partial charge in [-0.3, -0.25) is 0 Å². The first kappa shape index (κ1) is 10.2. The molecule has 0 heterocycles. The molecular formula is C11H18. The molecule has 0 nitrogen and oxygen atoms in total. The van der Waals surface area contributed by atoms with Gasteiger partial charge in [-0.2, -0.15) is 0 Å². The molecule has 0 aliphatic carbocycles. The number of rotatable bonds is 4. The molecule has 0 aliphatic heterocycles. The van der Waals surface area contributed by atoms with Crippen LogP contribution in [-0.2, 0) is 0 Å². The van der Waals surface area contributed by atoms with Gasteiger partial charge in [-0.25, -0.2) is 0 Å². The summed E-state index contributed by atoms with van der Waals surface area (Å²) in [4.78, 5) is 0. The van der Waals surface area contributed by atoms with E-state index in [1.807, 2.05) is 6.92 Å². The first-order chi connectivity index (χ1) is 5.35. The van der Waals surface area contributed by atoms with Crippen molar-refractivity contribution in [3.8, 4) is 0 Å². The Morgan fingerprint density at radius 1 is 1.09 bits per heavy atom. The lowest BCUT2D eigenvalue weighted by molar-refractivity contribution is 1.19. The van der Waals surface area contributed by atoms with Crippen LogP contribution in [0.25, 0.3) is 0 Å². The summed E-state index contributed by atoms with van der Waals surface area (Å²) in [5, 5.41) is 0. The average Bonchev–Trinajstić information content (AvgIpc) is 2.01. The minimum atomic E-state index is 1.10. The Kier molecular flexibility index (Phi) is 6.81. The Hall–Kier alpha value is -0.780. The summed E-state index contributed by atoms with van der Waals surface area (Å²) >= 11 is 0. The highest BCUT2D eigenvalue weighted by molar-refractivity contribution is 5.29. The van der Waals surface area contributed by atoms with Gasteiger partial charge in [0.1, 0.15) is 0 Å². The van der Waals surface area contributed by atoms with E-state index in [1.54, 1.807) is 0 Å². The maximum atomic E-state index is 2.23. The van der Waals surface area contributed by atoms with Gasteiger partial charge in [-0.1, -0.05) is 44.2 Å². The molecule has 0 aromatic heterocycles. The van der Waals surface area contributed by atoms with Crippen molar-refractivity contribution >= 4 is 0 Å². The largest absolute Gasteiger partial charge is 0.0871 e. The Balaban J connectivity index is 4.11. The SMILES string of the molecule is C/C=C/C(/C=C\CC)=C/CC. The van der Waals surface area contributed by atoms with Crippen LogP contribution in [0.4, 0.5) is 0 Å². The lowest BCUT2D eigenvalue weighted by atomic mass is 10.2. The van der Waals surface area contributed by atoms with Crippen LogP contribution in [0.1, 0.15) is 33.6 Å².